The summed E-state index contributed by atoms with van der Waals surface area (Å²) in [7, 11) is 0. The van der Waals surface area contributed by atoms with Crippen molar-refractivity contribution in [3.8, 4) is 0 Å². The molecule has 0 fully saturated rings. The van der Waals surface area contributed by atoms with Crippen LogP contribution in [0.3, 0.4) is 0 Å². The Kier molecular flexibility index (Phi) is 9.68. The van der Waals surface area contributed by atoms with E-state index in [-0.39, 0.29) is 31.1 Å². The van der Waals surface area contributed by atoms with Crippen molar-refractivity contribution >= 4 is 53.7 Å². The molecular formula is CH5IN2Pb. The first kappa shape index (κ1) is 9.45. The molecular weight excluding hydrogens is 374 g/mol. The second kappa shape index (κ2) is 5.12. The fourth-order valence-corrected chi connectivity index (χ4v) is 0. The van der Waals surface area contributed by atoms with Gasteiger partial charge in [0.15, 0.2) is 3.84 Å². The molecule has 0 aliphatic heterocycles. The third-order valence-corrected chi connectivity index (χ3v) is 0. The van der Waals surface area contributed by atoms with Gasteiger partial charge in [-0.15, -0.1) is 0 Å². The zero-order chi connectivity index (χ0) is 3.58. The normalized spacial score (nSPS) is 5.00. The Hall–Kier alpha value is 1.12. The molecule has 0 aromatic carbocycles. The van der Waals surface area contributed by atoms with Crippen molar-refractivity contribution in [3.63, 3.8) is 0 Å². The van der Waals surface area contributed by atoms with Gasteiger partial charge in [0.1, 0.15) is 0 Å². The number of halogens is 1. The molecule has 3 N–H and O–H groups in total. The fourth-order valence-electron chi connectivity index (χ4n) is 0. The summed E-state index contributed by atoms with van der Waals surface area (Å²) < 4.78 is 0.137. The molecule has 0 spiro atoms. The summed E-state index contributed by atoms with van der Waals surface area (Å²) in [6, 6.07) is 0. The van der Waals surface area contributed by atoms with Gasteiger partial charge in [-0.05, 0) is 22.6 Å². The van der Waals surface area contributed by atoms with Crippen LogP contribution in [0, 0.1) is 5.41 Å². The average Bonchev–Trinajstić information content (AvgIpc) is 0.811. The zero-order valence-corrected chi connectivity index (χ0v) is 10.3. The molecule has 0 heterocycles. The van der Waals surface area contributed by atoms with Crippen molar-refractivity contribution in [1.29, 1.82) is 5.41 Å². The van der Waals surface area contributed by atoms with E-state index in [1.54, 1.807) is 22.6 Å². The van der Waals surface area contributed by atoms with Crippen LogP contribution in [0.1, 0.15) is 0 Å². The molecule has 0 rings (SSSR count). The van der Waals surface area contributed by atoms with Crippen molar-refractivity contribution < 1.29 is 0 Å². The van der Waals surface area contributed by atoms with Crippen LogP contribution in [0.5, 0.6) is 0 Å². The van der Waals surface area contributed by atoms with Gasteiger partial charge < -0.3 is 5.73 Å². The van der Waals surface area contributed by atoms with Gasteiger partial charge in [0.2, 0.25) is 0 Å². The first-order valence-corrected chi connectivity index (χ1v) is 1.81. The molecule has 4 heteroatoms. The maximum absolute atomic E-state index is 6.26. The third-order valence-electron chi connectivity index (χ3n) is 0. The minimum absolute atomic E-state index is 0. The van der Waals surface area contributed by atoms with Crippen LogP contribution in [0.4, 0.5) is 0 Å². The number of hydrogen-bond acceptors (Lipinski definition) is 1. The predicted molar refractivity (Wildman–Crippen MR) is 34.5 cm³/mol. The van der Waals surface area contributed by atoms with Crippen LogP contribution in [0.15, 0.2) is 0 Å². The average molecular weight is 379 g/mol. The number of nitrogens with one attached hydrogen (secondary N) is 1. The molecule has 5 heavy (non-hydrogen) atoms. The third kappa shape index (κ3) is 39.7. The Balaban J connectivity index is 0. The summed E-state index contributed by atoms with van der Waals surface area (Å²) in [4.78, 5) is 0. The van der Waals surface area contributed by atoms with Crippen LogP contribution in [-0.4, -0.2) is 31.1 Å². The van der Waals surface area contributed by atoms with Crippen molar-refractivity contribution in [2.45, 2.75) is 0 Å². The van der Waals surface area contributed by atoms with E-state index in [1.807, 2.05) is 0 Å². The van der Waals surface area contributed by atoms with E-state index in [0.29, 0.717) is 0 Å². The van der Waals surface area contributed by atoms with Crippen molar-refractivity contribution in [2.24, 2.45) is 5.73 Å². The Bertz CT molecular complexity index is 32.6. The first-order chi connectivity index (χ1) is 1.73. The summed E-state index contributed by atoms with van der Waals surface area (Å²) >= 11 is 1.70. The second-order valence-electron chi connectivity index (χ2n) is 0.348. The maximum atomic E-state index is 6.26. The molecule has 0 aliphatic rings. The molecule has 0 aliphatic carbocycles. The predicted octanol–water partition coefficient (Wildman–Crippen LogP) is -0.601. The van der Waals surface area contributed by atoms with Crippen molar-refractivity contribution in [3.05, 3.63) is 0 Å². The summed E-state index contributed by atoms with van der Waals surface area (Å²) in [6.45, 7) is 0. The molecule has 0 atom stereocenters. The van der Waals surface area contributed by atoms with Crippen molar-refractivity contribution in [1.82, 2.24) is 0 Å². The standard InChI is InChI=1S/CH3IN2.Pb.2H/c2-1(3)4;;;/h(H3,3,4);;;. The number of rotatable bonds is 0. The molecule has 0 saturated heterocycles. The monoisotopic (exact) mass is 380 g/mol. The summed E-state index contributed by atoms with van der Waals surface area (Å²) in [5.41, 5.74) is 4.68. The van der Waals surface area contributed by atoms with E-state index >= 15 is 0 Å². The molecule has 0 saturated carbocycles. The molecule has 0 aromatic rings. The number of hydrogen-bond donors (Lipinski definition) is 2. The Morgan fingerprint density at radius 3 is 1.80 bits per heavy atom. The SMILES string of the molecule is N=C(N)I.[PbH2]. The Labute approximate surface area is 64.3 Å². The Morgan fingerprint density at radius 1 is 1.80 bits per heavy atom. The van der Waals surface area contributed by atoms with E-state index in [2.05, 4.69) is 5.73 Å². The van der Waals surface area contributed by atoms with Gasteiger partial charge in [0, 0.05) is 0 Å². The summed E-state index contributed by atoms with van der Waals surface area (Å²) in [5, 5.41) is 6.26. The minimum atomic E-state index is 0. The van der Waals surface area contributed by atoms with E-state index in [4.69, 9.17) is 5.41 Å². The van der Waals surface area contributed by atoms with Gasteiger partial charge in [0.25, 0.3) is 0 Å². The summed E-state index contributed by atoms with van der Waals surface area (Å²) in [5.74, 6) is 0. The molecule has 0 amide bonds. The topological polar surface area (TPSA) is 49.9 Å². The Morgan fingerprint density at radius 2 is 1.80 bits per heavy atom. The first-order valence-electron chi connectivity index (χ1n) is 0.728. The zero-order valence-electron chi connectivity index (χ0n) is 2.66. The van der Waals surface area contributed by atoms with Crippen molar-refractivity contribution in [2.75, 3.05) is 0 Å². The molecule has 0 unspecified atom stereocenters. The molecule has 30 valence electrons. The number of nitrogens with two attached hydrogens (primary N) is 1. The van der Waals surface area contributed by atoms with E-state index < -0.39 is 0 Å². The van der Waals surface area contributed by atoms with Crippen LogP contribution < -0.4 is 5.73 Å². The second-order valence-corrected chi connectivity index (χ2v) is 1.51. The molecule has 2 nitrogen and oxygen atoms in total. The molecule has 0 bridgehead atoms. The fraction of sp³-hybridized carbons (Fsp3) is 0. The van der Waals surface area contributed by atoms with Gasteiger partial charge in [-0.1, -0.05) is 0 Å². The van der Waals surface area contributed by atoms with E-state index in [0.717, 1.165) is 0 Å². The molecule has 2 radical (unpaired) electrons. The van der Waals surface area contributed by atoms with Gasteiger partial charge in [-0.25, -0.2) is 0 Å². The summed E-state index contributed by atoms with van der Waals surface area (Å²) in [6.07, 6.45) is 0. The van der Waals surface area contributed by atoms with Crippen LogP contribution in [0.25, 0.3) is 0 Å². The number of amidine groups is 1. The van der Waals surface area contributed by atoms with Crippen LogP contribution in [0.2, 0.25) is 0 Å². The van der Waals surface area contributed by atoms with E-state index in [1.165, 1.54) is 0 Å². The van der Waals surface area contributed by atoms with Gasteiger partial charge in [0.05, 0.1) is 0 Å². The van der Waals surface area contributed by atoms with E-state index in [9.17, 15) is 0 Å². The quantitative estimate of drug-likeness (QED) is 0.191. The van der Waals surface area contributed by atoms with Crippen LogP contribution in [-0.2, 0) is 0 Å². The molecule has 0 aromatic heterocycles. The van der Waals surface area contributed by atoms with Gasteiger partial charge in [-0.3, -0.25) is 5.41 Å². The van der Waals surface area contributed by atoms with Gasteiger partial charge >= 0.3 is 27.3 Å². The van der Waals surface area contributed by atoms with Gasteiger partial charge in [-0.2, -0.15) is 0 Å². The van der Waals surface area contributed by atoms with Crippen LogP contribution >= 0.6 is 22.6 Å².